The first-order valence-electron chi connectivity index (χ1n) is 22.4. The zero-order valence-corrected chi connectivity index (χ0v) is 15.6. The van der Waals surface area contributed by atoms with Crippen LogP contribution in [0, 0.1) is 17.7 Å². The van der Waals surface area contributed by atoms with Crippen molar-refractivity contribution in [2.24, 2.45) is 23.4 Å². The second-order valence-electron chi connectivity index (χ2n) is 6.06. The van der Waals surface area contributed by atoms with Crippen LogP contribution in [0.4, 0.5) is 0 Å². The van der Waals surface area contributed by atoms with Gasteiger partial charge in [-0.05, 0) is 47.8 Å². The van der Waals surface area contributed by atoms with Crippen molar-refractivity contribution >= 4 is 5.97 Å². The van der Waals surface area contributed by atoms with Gasteiger partial charge in [0.15, 0.2) is 11.5 Å². The van der Waals surface area contributed by atoms with E-state index in [-0.39, 0.29) is 4.90 Å². The van der Waals surface area contributed by atoms with Gasteiger partial charge < -0.3 is 19.9 Å². The summed E-state index contributed by atoms with van der Waals surface area (Å²) < 4.78 is 249. The van der Waals surface area contributed by atoms with Crippen LogP contribution >= 0.6 is 0 Å². The first-order chi connectivity index (χ1) is 25.2. The molecule has 2 N–H and O–H groups in total. The van der Waals surface area contributed by atoms with E-state index < -0.39 is 143 Å². The van der Waals surface area contributed by atoms with Crippen LogP contribution in [0.5, 0.6) is 11.5 Å². The molecule has 2 aliphatic heterocycles. The molecule has 168 valence electrons. The fourth-order valence-electron chi connectivity index (χ4n) is 2.83. The maximum Gasteiger partial charge on any atom is 0.323 e. The number of methoxy groups -OCH3 is 2. The summed E-state index contributed by atoms with van der Waals surface area (Å²) in [6.07, 6.45) is -14.0. The van der Waals surface area contributed by atoms with E-state index >= 15 is 0 Å². The number of rotatable bonds is 7. The van der Waals surface area contributed by atoms with E-state index in [9.17, 15) is 13.0 Å². The first-order valence-corrected chi connectivity index (χ1v) is 8.40. The van der Waals surface area contributed by atoms with E-state index in [1.165, 1.54) is 0 Å². The second-order valence-corrected chi connectivity index (χ2v) is 6.06. The number of esters is 1. The SMILES string of the molecule is [2H]c1c2c(c([2H])c(OC([2H])([2H])[2H])c1OC)C1([2H])N(CC2)C([2H])([2H])C([2H])(C([2H])([2H])C([2H])(C([2H])([2H])[2H])C([2H])([2H])[2H])C(OC(=O)[C@@]([2H])(N)C([2H])(C([2H])([2H])[2H])C([2H])([2H])[2H])C1([2H])[2H]. The Balaban J connectivity index is 2.69. The number of nitrogens with two attached hydrogens (primary N) is 1. The third-order valence-corrected chi connectivity index (χ3v) is 4.17. The number of piperidine rings is 1. The van der Waals surface area contributed by atoms with Gasteiger partial charge in [-0.15, -0.1) is 0 Å². The lowest BCUT2D eigenvalue weighted by atomic mass is 9.79. The first kappa shape index (κ1) is 6.16. The van der Waals surface area contributed by atoms with Crippen LogP contribution < -0.4 is 15.2 Å². The highest BCUT2D eigenvalue weighted by atomic mass is 16.5. The Morgan fingerprint density at radius 1 is 1.43 bits per heavy atom. The topological polar surface area (TPSA) is 74.0 Å². The number of carbonyl (C=O) groups excluding carboxylic acids is 1. The molecule has 6 nitrogen and oxygen atoms in total. The van der Waals surface area contributed by atoms with Crippen LogP contribution in [0.2, 0.25) is 0 Å². The average Bonchev–Trinajstić information content (AvgIpc) is 3.00. The Hall–Kier alpha value is -1.79. The van der Waals surface area contributed by atoms with Crippen molar-refractivity contribution in [2.45, 2.75) is 64.7 Å². The molecule has 2 aliphatic rings. The number of fused-ring (bicyclic) bond motifs is 3. The Kier molecular flexibility index (Phi) is 1.97. The van der Waals surface area contributed by atoms with Gasteiger partial charge in [0, 0.05) is 60.1 Å². The third kappa shape index (κ3) is 4.75. The van der Waals surface area contributed by atoms with E-state index in [4.69, 9.17) is 50.1 Å². The Bertz CT molecular complexity index is 1770. The lowest BCUT2D eigenvalue weighted by molar-refractivity contribution is -0.160. The minimum atomic E-state index is -4.90. The average molecular weight is 447 g/mol. The molecule has 0 spiro atoms. The zero-order chi connectivity index (χ0) is 46.2. The molecular formula is C24H38N2O4. The molecule has 2 heterocycles. The lowest BCUT2D eigenvalue weighted by Crippen LogP contribution is -2.51. The molecule has 1 aromatic carbocycles. The molecule has 0 aliphatic carbocycles. The molecular weight excluding hydrogens is 380 g/mol. The lowest BCUT2D eigenvalue weighted by Gasteiger charge is -2.47. The van der Waals surface area contributed by atoms with Crippen LogP contribution in [0.3, 0.4) is 0 Å². The predicted octanol–water partition coefficient (Wildman–Crippen LogP) is 3.56. The van der Waals surface area contributed by atoms with Gasteiger partial charge in [-0.1, -0.05) is 27.4 Å². The van der Waals surface area contributed by atoms with Crippen molar-refractivity contribution in [3.8, 4) is 11.5 Å². The fourth-order valence-corrected chi connectivity index (χ4v) is 2.83. The van der Waals surface area contributed by atoms with Gasteiger partial charge in [-0.25, -0.2) is 0 Å². The highest BCUT2D eigenvalue weighted by molar-refractivity contribution is 5.76. The second kappa shape index (κ2) is 9.56. The van der Waals surface area contributed by atoms with Crippen molar-refractivity contribution in [3.05, 3.63) is 23.2 Å². The monoisotopic (exact) mass is 446 g/mol. The Morgan fingerprint density at radius 3 is 2.93 bits per heavy atom. The maximum atomic E-state index is 14.0. The Labute approximate surface area is 220 Å². The molecule has 0 aromatic heterocycles. The van der Waals surface area contributed by atoms with Crippen LogP contribution in [0.1, 0.15) is 95.7 Å². The van der Waals surface area contributed by atoms with Gasteiger partial charge in [0.05, 0.1) is 23.7 Å². The largest absolute Gasteiger partial charge is 0.493 e. The molecule has 3 unspecified atom stereocenters. The minimum Gasteiger partial charge on any atom is -0.493 e. The molecule has 4 atom stereocenters. The molecule has 1 aromatic rings. The molecule has 1 saturated heterocycles. The summed E-state index contributed by atoms with van der Waals surface area (Å²) in [7, 11) is -2.57. The van der Waals surface area contributed by atoms with Crippen LogP contribution in [0.25, 0.3) is 0 Å². The van der Waals surface area contributed by atoms with Crippen molar-refractivity contribution in [3.63, 3.8) is 0 Å². The summed E-state index contributed by atoms with van der Waals surface area (Å²) in [5, 5.41) is 0. The molecule has 0 radical (unpaired) electrons. The van der Waals surface area contributed by atoms with Crippen LogP contribution in [-0.4, -0.2) is 50.2 Å². The quantitative estimate of drug-likeness (QED) is 0.646. The van der Waals surface area contributed by atoms with Crippen molar-refractivity contribution in [1.82, 2.24) is 4.90 Å². The van der Waals surface area contributed by atoms with E-state index in [0.717, 1.165) is 7.11 Å². The van der Waals surface area contributed by atoms with Crippen molar-refractivity contribution in [1.29, 1.82) is 0 Å². The van der Waals surface area contributed by atoms with Crippen molar-refractivity contribution < 1.29 is 57.4 Å². The summed E-state index contributed by atoms with van der Waals surface area (Å²) in [6.45, 7) is -22.8. The summed E-state index contributed by atoms with van der Waals surface area (Å²) in [5.41, 5.74) is 3.82. The van der Waals surface area contributed by atoms with Gasteiger partial charge in [0.2, 0.25) is 0 Å². The normalized spacial score (nSPS) is 51.2. The van der Waals surface area contributed by atoms with Gasteiger partial charge >= 0.3 is 5.97 Å². The van der Waals surface area contributed by atoms with Gasteiger partial charge in [0.1, 0.15) is 12.1 Å². The van der Waals surface area contributed by atoms with E-state index in [1.54, 1.807) is 0 Å². The smallest absolute Gasteiger partial charge is 0.323 e. The van der Waals surface area contributed by atoms with Gasteiger partial charge in [-0.3, -0.25) is 9.69 Å². The number of benzene rings is 1. The van der Waals surface area contributed by atoms with E-state index in [0.29, 0.717) is 0 Å². The molecule has 3 rings (SSSR count). The van der Waals surface area contributed by atoms with Crippen LogP contribution in [-0.2, 0) is 16.0 Å². The molecule has 6 heteroatoms. The summed E-state index contributed by atoms with van der Waals surface area (Å²) in [4.78, 5) is 13.9. The number of hydrogen-bond donors (Lipinski definition) is 1. The highest BCUT2D eigenvalue weighted by Gasteiger charge is 2.41. The van der Waals surface area contributed by atoms with E-state index in [1.807, 2.05) is 0 Å². The van der Waals surface area contributed by atoms with Crippen LogP contribution in [0.15, 0.2) is 12.1 Å². The standard InChI is InChI=1S/C24H38N2O4/c1-14(2)9-17-13-26-8-7-16-10-21(28-5)22(29-6)11-18(16)19(26)12-20(17)30-24(27)23(25)15(3)4/h10-11,14-15,17,19-20,23H,7-9,12-13,25H2,1-6H3/t17?,19?,20?,23-/m0/s1/i1D3,2D3,3D3,4D3,6D3,9D2,10D,11D,12D2,13D2,14D,15D,17D,19D,23D. The summed E-state index contributed by atoms with van der Waals surface area (Å²) in [6, 6.07) is -10.6. The molecule has 0 bridgehead atoms. The fraction of sp³-hybridized carbons (Fsp3) is 0.708. The zero-order valence-electron chi connectivity index (χ0n) is 43.6. The minimum absolute atomic E-state index is 0.0595. The van der Waals surface area contributed by atoms with Gasteiger partial charge in [0.25, 0.3) is 0 Å². The van der Waals surface area contributed by atoms with Crippen molar-refractivity contribution in [2.75, 3.05) is 27.2 Å². The molecule has 30 heavy (non-hydrogen) atoms. The molecule has 0 saturated carbocycles. The molecule has 1 fully saturated rings. The van der Waals surface area contributed by atoms with E-state index in [2.05, 4.69) is 0 Å². The van der Waals surface area contributed by atoms with Gasteiger partial charge in [-0.2, -0.15) is 0 Å². The summed E-state index contributed by atoms with van der Waals surface area (Å²) in [5.74, 6) is -18.7. The maximum absolute atomic E-state index is 14.0. The highest BCUT2D eigenvalue weighted by Crippen LogP contribution is 2.44. The molecule has 0 amide bonds. The Morgan fingerprint density at radius 2 is 2.23 bits per heavy atom. The number of hydrogen-bond acceptors (Lipinski definition) is 6. The third-order valence-electron chi connectivity index (χ3n) is 4.17. The predicted molar refractivity (Wildman–Crippen MR) is 118 cm³/mol. The number of carbonyl (C=O) groups is 1. The summed E-state index contributed by atoms with van der Waals surface area (Å²) >= 11 is 0. The number of ether oxygens (including phenoxy) is 3. The number of nitrogens with zero attached hydrogens (tertiary/aromatic N) is 1.